The van der Waals surface area contributed by atoms with Gasteiger partial charge in [-0.2, -0.15) is 0 Å². The van der Waals surface area contributed by atoms with Crippen LogP contribution in [0.2, 0.25) is 0 Å². The van der Waals surface area contributed by atoms with Crippen molar-refractivity contribution in [2.24, 2.45) is 0 Å². The van der Waals surface area contributed by atoms with E-state index in [1.807, 2.05) is 54.6 Å². The number of benzene rings is 3. The zero-order chi connectivity index (χ0) is 16.1. The molecule has 3 heteroatoms. The maximum Gasteiger partial charge on any atom is 0.278 e. The first-order valence-corrected chi connectivity index (χ1v) is 8.11. The molecule has 5 rings (SSSR count). The first kappa shape index (κ1) is 13.5. The number of aromatic hydroxyl groups is 1. The van der Waals surface area contributed by atoms with Gasteiger partial charge in [0, 0.05) is 35.1 Å². The molecule has 2 aliphatic heterocycles. The molecule has 3 aromatic carbocycles. The molecule has 0 aliphatic carbocycles. The summed E-state index contributed by atoms with van der Waals surface area (Å²) in [5, 5.41) is 9.88. The quantitative estimate of drug-likeness (QED) is 0.715. The second kappa shape index (κ2) is 4.78. The fourth-order valence-electron chi connectivity index (χ4n) is 3.80. The second-order valence-corrected chi connectivity index (χ2v) is 6.34. The highest BCUT2D eigenvalue weighted by molar-refractivity contribution is 5.54. The first-order valence-electron chi connectivity index (χ1n) is 8.11. The monoisotopic (exact) mass is 316 g/mol. The minimum atomic E-state index is -0.860. The summed E-state index contributed by atoms with van der Waals surface area (Å²) in [5.74, 6) is 1.06. The van der Waals surface area contributed by atoms with Gasteiger partial charge in [-0.15, -0.1) is 0 Å². The highest BCUT2D eigenvalue weighted by atomic mass is 16.7. The molecule has 1 N–H and O–H groups in total. The number of para-hydroxylation sites is 1. The van der Waals surface area contributed by atoms with Crippen LogP contribution in [-0.4, -0.2) is 5.11 Å². The van der Waals surface area contributed by atoms with Crippen molar-refractivity contribution >= 4 is 0 Å². The second-order valence-electron chi connectivity index (χ2n) is 6.34. The summed E-state index contributed by atoms with van der Waals surface area (Å²) in [6.07, 6.45) is 0.714. The number of phenolic OH excluding ortho intramolecular Hbond substituents is 1. The van der Waals surface area contributed by atoms with Gasteiger partial charge in [0.05, 0.1) is 0 Å². The van der Waals surface area contributed by atoms with E-state index in [1.165, 1.54) is 5.56 Å². The average Bonchev–Trinajstić information content (AvgIpc) is 2.62. The summed E-state index contributed by atoms with van der Waals surface area (Å²) in [6, 6.07) is 23.5. The van der Waals surface area contributed by atoms with Gasteiger partial charge >= 0.3 is 0 Å². The smallest absolute Gasteiger partial charge is 0.278 e. The summed E-state index contributed by atoms with van der Waals surface area (Å²) in [6.45, 7) is 0. The molecule has 0 radical (unpaired) electrons. The SMILES string of the molecule is Oc1ccc2c(c1)OC1(c3ccccc3)CC2c2ccccc2O1. The molecule has 2 aliphatic rings. The molecule has 2 unspecified atom stereocenters. The van der Waals surface area contributed by atoms with E-state index in [-0.39, 0.29) is 11.7 Å². The third-order valence-corrected chi connectivity index (χ3v) is 4.90. The Morgan fingerprint density at radius 2 is 1.50 bits per heavy atom. The molecule has 0 spiro atoms. The average molecular weight is 316 g/mol. The van der Waals surface area contributed by atoms with Gasteiger partial charge < -0.3 is 14.6 Å². The Morgan fingerprint density at radius 1 is 0.792 bits per heavy atom. The highest BCUT2D eigenvalue weighted by Gasteiger charge is 2.49. The maximum absolute atomic E-state index is 9.88. The number of hydrogen-bond donors (Lipinski definition) is 1. The molecule has 2 heterocycles. The third-order valence-electron chi connectivity index (χ3n) is 4.90. The predicted octanol–water partition coefficient (Wildman–Crippen LogP) is 4.55. The van der Waals surface area contributed by atoms with Crippen molar-refractivity contribution < 1.29 is 14.6 Å². The summed E-state index contributed by atoms with van der Waals surface area (Å²) in [7, 11) is 0. The predicted molar refractivity (Wildman–Crippen MR) is 90.4 cm³/mol. The molecule has 118 valence electrons. The van der Waals surface area contributed by atoms with E-state index in [0.29, 0.717) is 12.2 Å². The van der Waals surface area contributed by atoms with Crippen molar-refractivity contribution in [3.8, 4) is 17.2 Å². The summed E-state index contributed by atoms with van der Waals surface area (Å²) in [5.41, 5.74) is 3.24. The van der Waals surface area contributed by atoms with E-state index in [2.05, 4.69) is 6.07 Å². The molecule has 0 saturated heterocycles. The van der Waals surface area contributed by atoms with Crippen molar-refractivity contribution in [3.05, 3.63) is 89.5 Å². The molecule has 0 amide bonds. The minimum absolute atomic E-state index is 0.180. The van der Waals surface area contributed by atoms with Crippen LogP contribution in [0.5, 0.6) is 17.2 Å². The van der Waals surface area contributed by atoms with Gasteiger partial charge in [0.25, 0.3) is 5.79 Å². The standard InChI is InChI=1S/C21H16O3/c22-15-10-11-17-18-13-21(24-20(17)12-15,14-6-2-1-3-7-14)23-19-9-5-4-8-16(18)19/h1-12,18,22H,13H2. The van der Waals surface area contributed by atoms with Crippen molar-refractivity contribution in [2.45, 2.75) is 18.1 Å². The lowest BCUT2D eigenvalue weighted by atomic mass is 9.78. The fraction of sp³-hybridized carbons (Fsp3) is 0.143. The van der Waals surface area contributed by atoms with Gasteiger partial charge in [0.1, 0.15) is 17.2 Å². The van der Waals surface area contributed by atoms with Crippen LogP contribution in [0.25, 0.3) is 0 Å². The summed E-state index contributed by atoms with van der Waals surface area (Å²) >= 11 is 0. The van der Waals surface area contributed by atoms with Crippen LogP contribution < -0.4 is 9.47 Å². The van der Waals surface area contributed by atoms with Crippen LogP contribution >= 0.6 is 0 Å². The van der Waals surface area contributed by atoms with Crippen LogP contribution in [-0.2, 0) is 5.79 Å². The molecular weight excluding hydrogens is 300 g/mol. The molecule has 0 fully saturated rings. The van der Waals surface area contributed by atoms with E-state index in [1.54, 1.807) is 12.1 Å². The fourth-order valence-corrected chi connectivity index (χ4v) is 3.80. The van der Waals surface area contributed by atoms with Gasteiger partial charge in [-0.1, -0.05) is 54.6 Å². The van der Waals surface area contributed by atoms with Crippen LogP contribution in [0.4, 0.5) is 0 Å². The molecule has 0 saturated carbocycles. The summed E-state index contributed by atoms with van der Waals surface area (Å²) < 4.78 is 12.7. The van der Waals surface area contributed by atoms with Gasteiger partial charge in [-0.05, 0) is 12.1 Å². The Balaban J connectivity index is 1.77. The van der Waals surface area contributed by atoms with E-state index in [4.69, 9.17) is 9.47 Å². The van der Waals surface area contributed by atoms with Gasteiger partial charge in [-0.25, -0.2) is 0 Å². The largest absolute Gasteiger partial charge is 0.508 e. The molecular formula is C21H16O3. The Morgan fingerprint density at radius 3 is 2.38 bits per heavy atom. The molecule has 2 bridgehead atoms. The number of hydrogen-bond acceptors (Lipinski definition) is 3. The molecule has 3 nitrogen and oxygen atoms in total. The van der Waals surface area contributed by atoms with Crippen LogP contribution in [0.1, 0.15) is 29.0 Å². The lowest BCUT2D eigenvalue weighted by Gasteiger charge is -2.46. The third kappa shape index (κ3) is 1.84. The maximum atomic E-state index is 9.88. The Hall–Kier alpha value is -2.94. The molecule has 2 atom stereocenters. The van der Waals surface area contributed by atoms with Crippen molar-refractivity contribution in [1.29, 1.82) is 0 Å². The molecule has 0 aromatic heterocycles. The van der Waals surface area contributed by atoms with Gasteiger partial charge in [-0.3, -0.25) is 0 Å². The van der Waals surface area contributed by atoms with E-state index >= 15 is 0 Å². The van der Waals surface area contributed by atoms with Crippen molar-refractivity contribution in [3.63, 3.8) is 0 Å². The number of fused-ring (bicyclic) bond motifs is 6. The zero-order valence-electron chi connectivity index (χ0n) is 13.0. The van der Waals surface area contributed by atoms with Crippen molar-refractivity contribution in [2.75, 3.05) is 0 Å². The number of ether oxygens (including phenoxy) is 2. The van der Waals surface area contributed by atoms with Crippen LogP contribution in [0.15, 0.2) is 72.8 Å². The first-order chi connectivity index (χ1) is 11.8. The Kier molecular flexibility index (Phi) is 2.69. The normalized spacial score (nSPS) is 23.4. The lowest BCUT2D eigenvalue weighted by molar-refractivity contribution is -0.148. The minimum Gasteiger partial charge on any atom is -0.508 e. The number of rotatable bonds is 1. The Bertz CT molecular complexity index is 919. The van der Waals surface area contributed by atoms with E-state index < -0.39 is 5.79 Å². The molecule has 24 heavy (non-hydrogen) atoms. The van der Waals surface area contributed by atoms with Crippen LogP contribution in [0, 0.1) is 0 Å². The van der Waals surface area contributed by atoms with Gasteiger partial charge in [0.15, 0.2) is 0 Å². The zero-order valence-corrected chi connectivity index (χ0v) is 13.0. The van der Waals surface area contributed by atoms with Gasteiger partial charge in [0.2, 0.25) is 0 Å². The lowest BCUT2D eigenvalue weighted by Crippen LogP contribution is -2.46. The van der Waals surface area contributed by atoms with Crippen molar-refractivity contribution in [1.82, 2.24) is 0 Å². The summed E-state index contributed by atoms with van der Waals surface area (Å²) in [4.78, 5) is 0. The topological polar surface area (TPSA) is 38.7 Å². The van der Waals surface area contributed by atoms with E-state index in [9.17, 15) is 5.11 Å². The number of phenols is 1. The highest BCUT2D eigenvalue weighted by Crippen LogP contribution is 2.55. The Labute approximate surface area is 140 Å². The van der Waals surface area contributed by atoms with E-state index in [0.717, 1.165) is 16.9 Å². The molecule has 3 aromatic rings. The van der Waals surface area contributed by atoms with Crippen LogP contribution in [0.3, 0.4) is 0 Å².